The molecule has 0 bridgehead atoms. The second-order valence-corrected chi connectivity index (χ2v) is 5.84. The summed E-state index contributed by atoms with van der Waals surface area (Å²) in [7, 11) is 0. The molecule has 0 fully saturated rings. The van der Waals surface area contributed by atoms with Gasteiger partial charge in [0.15, 0.2) is 5.16 Å². The molecule has 2 aromatic rings. The van der Waals surface area contributed by atoms with Gasteiger partial charge in [0.25, 0.3) is 5.56 Å². The highest BCUT2D eigenvalue weighted by Gasteiger charge is 2.14. The smallest absolute Gasteiger partial charge is 0.251 e. The number of benzene rings is 1. The Morgan fingerprint density at radius 1 is 1.48 bits per heavy atom. The number of halogens is 1. The van der Waals surface area contributed by atoms with E-state index < -0.39 is 0 Å². The third-order valence-corrected chi connectivity index (χ3v) is 3.99. The minimum atomic E-state index is -0.363. The van der Waals surface area contributed by atoms with Crippen LogP contribution in [0.2, 0.25) is 0 Å². The largest absolute Gasteiger partial charge is 0.324 e. The molecular formula is C15H18FN3OS. The first-order valence-electron chi connectivity index (χ1n) is 6.83. The minimum Gasteiger partial charge on any atom is -0.324 e. The maximum Gasteiger partial charge on any atom is 0.251 e. The Balaban J connectivity index is 2.40. The fourth-order valence-corrected chi connectivity index (χ4v) is 3.05. The molecule has 0 spiro atoms. The van der Waals surface area contributed by atoms with Crippen LogP contribution in [0.3, 0.4) is 0 Å². The fraction of sp³-hybridized carbons (Fsp3) is 0.333. The summed E-state index contributed by atoms with van der Waals surface area (Å²) in [6.07, 6.45) is 1.61. The molecule has 112 valence electrons. The van der Waals surface area contributed by atoms with E-state index in [2.05, 4.69) is 9.97 Å². The van der Waals surface area contributed by atoms with Crippen molar-refractivity contribution in [2.75, 3.05) is 0 Å². The van der Waals surface area contributed by atoms with Gasteiger partial charge in [-0.15, -0.1) is 0 Å². The third-order valence-electron chi connectivity index (χ3n) is 2.97. The number of aromatic nitrogens is 2. The van der Waals surface area contributed by atoms with Crippen molar-refractivity contribution in [1.29, 1.82) is 0 Å². The van der Waals surface area contributed by atoms with Gasteiger partial charge in [-0.25, -0.2) is 9.37 Å². The Labute approximate surface area is 127 Å². The summed E-state index contributed by atoms with van der Waals surface area (Å²) in [5.41, 5.74) is 7.05. The molecule has 0 aliphatic carbocycles. The predicted molar refractivity (Wildman–Crippen MR) is 82.0 cm³/mol. The van der Waals surface area contributed by atoms with Crippen molar-refractivity contribution in [1.82, 2.24) is 9.97 Å². The SMILES string of the molecule is CCCc1cc(=O)[nH]c(Sc2c(F)cccc2C(C)N)n1. The quantitative estimate of drug-likeness (QED) is 0.833. The van der Waals surface area contributed by atoms with Gasteiger partial charge in [-0.05, 0) is 36.7 Å². The molecule has 4 nitrogen and oxygen atoms in total. The average molecular weight is 307 g/mol. The van der Waals surface area contributed by atoms with E-state index >= 15 is 0 Å². The van der Waals surface area contributed by atoms with Crippen molar-refractivity contribution in [2.24, 2.45) is 5.73 Å². The standard InChI is InChI=1S/C15H18FN3OS/c1-3-5-10-8-13(20)19-15(18-10)21-14-11(9(2)17)6-4-7-12(14)16/h4,6-9H,3,5,17H2,1-2H3,(H,18,19,20). The fourth-order valence-electron chi connectivity index (χ4n) is 2.00. The Morgan fingerprint density at radius 3 is 2.90 bits per heavy atom. The Hall–Kier alpha value is -1.66. The number of nitrogens with two attached hydrogens (primary N) is 1. The molecule has 1 aromatic heterocycles. The first-order chi connectivity index (χ1) is 10.0. The second-order valence-electron chi connectivity index (χ2n) is 4.84. The van der Waals surface area contributed by atoms with Crippen molar-refractivity contribution in [3.63, 3.8) is 0 Å². The number of hydrogen-bond donors (Lipinski definition) is 2. The van der Waals surface area contributed by atoms with Crippen LogP contribution in [0.1, 0.15) is 37.6 Å². The highest BCUT2D eigenvalue weighted by Crippen LogP contribution is 2.32. The number of nitrogens with one attached hydrogen (secondary N) is 1. The van der Waals surface area contributed by atoms with Crippen molar-refractivity contribution in [3.8, 4) is 0 Å². The molecule has 3 N–H and O–H groups in total. The van der Waals surface area contributed by atoms with Gasteiger partial charge < -0.3 is 10.7 Å². The number of aromatic amines is 1. The lowest BCUT2D eigenvalue weighted by Crippen LogP contribution is -2.11. The molecule has 0 aliphatic heterocycles. The normalized spacial score (nSPS) is 12.4. The maximum absolute atomic E-state index is 14.0. The van der Waals surface area contributed by atoms with Crippen LogP contribution in [0.5, 0.6) is 0 Å². The Morgan fingerprint density at radius 2 is 2.24 bits per heavy atom. The number of rotatable bonds is 5. The molecule has 0 radical (unpaired) electrons. The second kappa shape index (κ2) is 6.87. The number of aryl methyl sites for hydroxylation is 1. The summed E-state index contributed by atoms with van der Waals surface area (Å²) in [4.78, 5) is 19.1. The van der Waals surface area contributed by atoms with Crippen LogP contribution in [0, 0.1) is 5.82 Å². The summed E-state index contributed by atoms with van der Waals surface area (Å²) in [5, 5.41) is 0.387. The Kier molecular flexibility index (Phi) is 5.14. The van der Waals surface area contributed by atoms with Gasteiger partial charge in [-0.2, -0.15) is 0 Å². The van der Waals surface area contributed by atoms with Crippen molar-refractivity contribution in [2.45, 2.75) is 42.8 Å². The number of nitrogens with zero attached hydrogens (tertiary/aromatic N) is 1. The molecule has 1 aromatic carbocycles. The topological polar surface area (TPSA) is 71.8 Å². The van der Waals surface area contributed by atoms with Gasteiger partial charge in [-0.1, -0.05) is 25.5 Å². The van der Waals surface area contributed by atoms with Gasteiger partial charge in [0, 0.05) is 17.8 Å². The summed E-state index contributed by atoms with van der Waals surface area (Å²) in [6.45, 7) is 3.81. The zero-order valence-corrected chi connectivity index (χ0v) is 12.8. The van der Waals surface area contributed by atoms with E-state index in [0.717, 1.165) is 24.6 Å². The summed E-state index contributed by atoms with van der Waals surface area (Å²) in [5.74, 6) is -0.363. The summed E-state index contributed by atoms with van der Waals surface area (Å²) < 4.78 is 14.0. The van der Waals surface area contributed by atoms with Crippen LogP contribution in [0.4, 0.5) is 4.39 Å². The summed E-state index contributed by atoms with van der Waals surface area (Å²) in [6, 6.07) is 5.96. The van der Waals surface area contributed by atoms with Crippen LogP contribution in [-0.4, -0.2) is 9.97 Å². The molecule has 0 saturated heterocycles. The van der Waals surface area contributed by atoms with E-state index in [1.165, 1.54) is 12.1 Å². The van der Waals surface area contributed by atoms with Crippen molar-refractivity contribution >= 4 is 11.8 Å². The zero-order chi connectivity index (χ0) is 15.4. The summed E-state index contributed by atoms with van der Waals surface area (Å²) >= 11 is 1.10. The van der Waals surface area contributed by atoms with E-state index in [0.29, 0.717) is 21.3 Å². The molecule has 6 heteroatoms. The van der Waals surface area contributed by atoms with Gasteiger partial charge in [0.1, 0.15) is 5.82 Å². The van der Waals surface area contributed by atoms with Crippen LogP contribution in [0.25, 0.3) is 0 Å². The van der Waals surface area contributed by atoms with Crippen molar-refractivity contribution in [3.05, 3.63) is 51.7 Å². The molecule has 0 saturated carbocycles. The number of hydrogen-bond acceptors (Lipinski definition) is 4. The molecule has 2 rings (SSSR count). The first kappa shape index (κ1) is 15.7. The molecule has 21 heavy (non-hydrogen) atoms. The van der Waals surface area contributed by atoms with E-state index in [1.807, 2.05) is 6.92 Å². The maximum atomic E-state index is 14.0. The van der Waals surface area contributed by atoms with E-state index in [4.69, 9.17) is 5.73 Å². The molecule has 1 heterocycles. The minimum absolute atomic E-state index is 0.227. The van der Waals surface area contributed by atoms with Crippen LogP contribution >= 0.6 is 11.8 Å². The monoisotopic (exact) mass is 307 g/mol. The highest BCUT2D eigenvalue weighted by atomic mass is 32.2. The van der Waals surface area contributed by atoms with Crippen LogP contribution in [-0.2, 0) is 6.42 Å². The predicted octanol–water partition coefficient (Wildman–Crippen LogP) is 3.03. The lowest BCUT2D eigenvalue weighted by atomic mass is 10.1. The van der Waals surface area contributed by atoms with Crippen LogP contribution < -0.4 is 11.3 Å². The van der Waals surface area contributed by atoms with E-state index in [9.17, 15) is 9.18 Å². The third kappa shape index (κ3) is 3.92. The molecule has 0 amide bonds. The molecule has 0 aliphatic rings. The average Bonchev–Trinajstić information content (AvgIpc) is 2.40. The molecular weight excluding hydrogens is 289 g/mol. The van der Waals surface area contributed by atoms with Gasteiger partial charge in [0.05, 0.1) is 4.90 Å². The lowest BCUT2D eigenvalue weighted by molar-refractivity contribution is 0.591. The van der Waals surface area contributed by atoms with E-state index in [-0.39, 0.29) is 17.4 Å². The molecule has 1 unspecified atom stereocenters. The lowest BCUT2D eigenvalue weighted by Gasteiger charge is -2.12. The molecule has 1 atom stereocenters. The van der Waals surface area contributed by atoms with Crippen LogP contribution in [0.15, 0.2) is 39.1 Å². The van der Waals surface area contributed by atoms with Gasteiger partial charge in [0.2, 0.25) is 0 Å². The Bertz CT molecular complexity index is 685. The van der Waals surface area contributed by atoms with E-state index in [1.54, 1.807) is 19.1 Å². The van der Waals surface area contributed by atoms with Crippen molar-refractivity contribution < 1.29 is 4.39 Å². The van der Waals surface area contributed by atoms with Gasteiger partial charge >= 0.3 is 0 Å². The van der Waals surface area contributed by atoms with Gasteiger partial charge in [-0.3, -0.25) is 4.79 Å². The number of H-pyrrole nitrogens is 1. The zero-order valence-electron chi connectivity index (χ0n) is 12.0. The first-order valence-corrected chi connectivity index (χ1v) is 7.65. The highest BCUT2D eigenvalue weighted by molar-refractivity contribution is 7.99.